The molecule has 0 spiro atoms. The summed E-state index contributed by atoms with van der Waals surface area (Å²) in [4.78, 5) is 25.2. The van der Waals surface area contributed by atoms with Gasteiger partial charge in [-0.15, -0.1) is 0 Å². The van der Waals surface area contributed by atoms with Crippen LogP contribution in [0.2, 0.25) is 5.02 Å². The van der Waals surface area contributed by atoms with E-state index in [1.165, 1.54) is 13.1 Å². The van der Waals surface area contributed by atoms with Gasteiger partial charge in [0.1, 0.15) is 11.6 Å². The average molecular weight is 406 g/mol. The van der Waals surface area contributed by atoms with Gasteiger partial charge in [0, 0.05) is 10.6 Å². The predicted octanol–water partition coefficient (Wildman–Crippen LogP) is 3.14. The number of amides is 1. The van der Waals surface area contributed by atoms with Crippen LogP contribution in [0.3, 0.4) is 0 Å². The van der Waals surface area contributed by atoms with Crippen molar-refractivity contribution in [3.63, 3.8) is 0 Å². The maximum atomic E-state index is 12.6. The number of hydrogen-bond donors (Lipinski definition) is 1. The van der Waals surface area contributed by atoms with Crippen molar-refractivity contribution in [2.24, 2.45) is 5.10 Å². The zero-order chi connectivity index (χ0) is 21.0. The van der Waals surface area contributed by atoms with Crippen molar-refractivity contribution in [1.82, 2.24) is 15.2 Å². The molecule has 3 aromatic rings. The zero-order valence-corrected chi connectivity index (χ0v) is 16.4. The highest BCUT2D eigenvalue weighted by molar-refractivity contribution is 6.30. The van der Waals surface area contributed by atoms with Crippen molar-refractivity contribution in [2.45, 2.75) is 13.8 Å². The number of hydrogen-bond acceptors (Lipinski definition) is 5. The molecule has 0 aliphatic rings. The van der Waals surface area contributed by atoms with E-state index in [1.54, 1.807) is 24.3 Å². The third-order valence-electron chi connectivity index (χ3n) is 4.19. The summed E-state index contributed by atoms with van der Waals surface area (Å²) in [6.07, 6.45) is 1.49. The Kier molecular flexibility index (Phi) is 5.86. The molecule has 0 atom stereocenters. The summed E-state index contributed by atoms with van der Waals surface area (Å²) < 4.78 is 1.00. The normalized spacial score (nSPS) is 10.7. The molecule has 0 unspecified atom stereocenters. The van der Waals surface area contributed by atoms with Crippen LogP contribution in [0.5, 0.6) is 0 Å². The first kappa shape index (κ1) is 20.0. The summed E-state index contributed by atoms with van der Waals surface area (Å²) in [5.74, 6) is -0.634. The standard InChI is InChI=1S/C21H16ClN5O2/c1-13-3-5-15(6-4-13)12-24-25-20(28)19-14(2)18(11-23)21(29)27(26-19)17-9-7-16(22)8-10-17/h3-10,12H,1-2H3,(H,25,28)/b24-12+. The van der Waals surface area contributed by atoms with Gasteiger partial charge in [-0.2, -0.15) is 20.1 Å². The lowest BCUT2D eigenvalue weighted by atomic mass is 10.1. The van der Waals surface area contributed by atoms with E-state index in [-0.39, 0.29) is 16.8 Å². The number of aryl methyl sites for hydroxylation is 1. The van der Waals surface area contributed by atoms with Crippen LogP contribution >= 0.6 is 11.6 Å². The molecule has 0 aliphatic carbocycles. The molecule has 0 saturated heterocycles. The molecule has 29 heavy (non-hydrogen) atoms. The van der Waals surface area contributed by atoms with Crippen molar-refractivity contribution in [2.75, 3.05) is 0 Å². The van der Waals surface area contributed by atoms with Crippen LogP contribution < -0.4 is 11.0 Å². The maximum Gasteiger partial charge on any atom is 0.292 e. The van der Waals surface area contributed by atoms with Gasteiger partial charge in [0.15, 0.2) is 5.69 Å². The van der Waals surface area contributed by atoms with E-state index in [4.69, 9.17) is 11.6 Å². The highest BCUT2D eigenvalue weighted by Crippen LogP contribution is 2.14. The summed E-state index contributed by atoms with van der Waals surface area (Å²) >= 11 is 5.88. The van der Waals surface area contributed by atoms with Crippen molar-refractivity contribution >= 4 is 23.7 Å². The van der Waals surface area contributed by atoms with Crippen LogP contribution in [0.25, 0.3) is 5.69 Å². The number of halogens is 1. The van der Waals surface area contributed by atoms with Gasteiger partial charge < -0.3 is 0 Å². The smallest absolute Gasteiger partial charge is 0.266 e. The molecule has 1 amide bonds. The van der Waals surface area contributed by atoms with Crippen molar-refractivity contribution in [3.8, 4) is 11.8 Å². The molecule has 1 aromatic heterocycles. The molecule has 144 valence electrons. The minimum absolute atomic E-state index is 0.0721. The largest absolute Gasteiger partial charge is 0.292 e. The van der Waals surface area contributed by atoms with E-state index in [0.717, 1.165) is 15.8 Å². The number of aromatic nitrogens is 2. The van der Waals surface area contributed by atoms with Crippen LogP contribution in [-0.2, 0) is 0 Å². The minimum atomic E-state index is -0.634. The van der Waals surface area contributed by atoms with E-state index in [9.17, 15) is 14.9 Å². The fourth-order valence-corrected chi connectivity index (χ4v) is 2.71. The van der Waals surface area contributed by atoms with Crippen molar-refractivity contribution in [1.29, 1.82) is 5.26 Å². The van der Waals surface area contributed by atoms with E-state index in [1.807, 2.05) is 37.3 Å². The third-order valence-corrected chi connectivity index (χ3v) is 4.44. The van der Waals surface area contributed by atoms with Crippen molar-refractivity contribution in [3.05, 3.63) is 91.9 Å². The number of hydrazone groups is 1. The Morgan fingerprint density at radius 1 is 1.17 bits per heavy atom. The zero-order valence-electron chi connectivity index (χ0n) is 15.7. The van der Waals surface area contributed by atoms with E-state index in [0.29, 0.717) is 10.7 Å². The summed E-state index contributed by atoms with van der Waals surface area (Å²) in [5, 5.41) is 17.9. The highest BCUT2D eigenvalue weighted by atomic mass is 35.5. The van der Waals surface area contributed by atoms with Crippen LogP contribution in [0.15, 0.2) is 58.4 Å². The molecule has 0 fully saturated rings. The minimum Gasteiger partial charge on any atom is -0.266 e. The Morgan fingerprint density at radius 3 is 2.45 bits per heavy atom. The monoisotopic (exact) mass is 405 g/mol. The van der Waals surface area contributed by atoms with Crippen LogP contribution in [0.4, 0.5) is 0 Å². The van der Waals surface area contributed by atoms with E-state index in [2.05, 4.69) is 15.6 Å². The van der Waals surface area contributed by atoms with Gasteiger partial charge in [0.05, 0.1) is 11.9 Å². The Balaban J connectivity index is 1.95. The van der Waals surface area contributed by atoms with Crippen LogP contribution in [0, 0.1) is 25.2 Å². The second-order valence-corrected chi connectivity index (χ2v) is 6.70. The van der Waals surface area contributed by atoms with Crippen LogP contribution in [0.1, 0.15) is 32.7 Å². The molecule has 1 heterocycles. The molecule has 3 rings (SSSR count). The second kappa shape index (κ2) is 8.50. The third kappa shape index (κ3) is 4.39. The first-order valence-electron chi connectivity index (χ1n) is 8.60. The van der Waals surface area contributed by atoms with Gasteiger partial charge in [0.2, 0.25) is 0 Å². The van der Waals surface area contributed by atoms with Gasteiger partial charge in [0.25, 0.3) is 11.5 Å². The number of rotatable bonds is 4. The summed E-state index contributed by atoms with van der Waals surface area (Å²) in [6.45, 7) is 3.47. The first-order valence-corrected chi connectivity index (χ1v) is 8.98. The number of nitriles is 1. The van der Waals surface area contributed by atoms with Gasteiger partial charge >= 0.3 is 0 Å². The molecular formula is C21H16ClN5O2. The summed E-state index contributed by atoms with van der Waals surface area (Å²) in [6, 6.07) is 15.8. The lowest BCUT2D eigenvalue weighted by Gasteiger charge is -2.10. The SMILES string of the molecule is Cc1ccc(/C=N/NC(=O)c2nn(-c3ccc(Cl)cc3)c(=O)c(C#N)c2C)cc1. The number of carbonyl (C=O) groups is 1. The topological polar surface area (TPSA) is 100 Å². The van der Waals surface area contributed by atoms with E-state index < -0.39 is 11.5 Å². The van der Waals surface area contributed by atoms with Gasteiger partial charge in [-0.1, -0.05) is 41.4 Å². The molecule has 0 aliphatic heterocycles. The fourth-order valence-electron chi connectivity index (χ4n) is 2.58. The molecule has 0 saturated carbocycles. The molecular weight excluding hydrogens is 390 g/mol. The average Bonchev–Trinajstić information content (AvgIpc) is 2.71. The Morgan fingerprint density at radius 2 is 1.83 bits per heavy atom. The van der Waals surface area contributed by atoms with Crippen molar-refractivity contribution < 1.29 is 4.79 Å². The number of nitrogens with zero attached hydrogens (tertiary/aromatic N) is 4. The molecule has 1 N–H and O–H groups in total. The molecule has 7 nitrogen and oxygen atoms in total. The first-order chi connectivity index (χ1) is 13.9. The Labute approximate surface area is 171 Å². The fraction of sp³-hybridized carbons (Fsp3) is 0.0952. The quantitative estimate of drug-likeness (QED) is 0.532. The molecule has 0 radical (unpaired) electrons. The summed E-state index contributed by atoms with van der Waals surface area (Å²) in [7, 11) is 0. The number of benzene rings is 2. The molecule has 2 aromatic carbocycles. The maximum absolute atomic E-state index is 12.6. The number of carbonyl (C=O) groups excluding carboxylic acids is 1. The lowest BCUT2D eigenvalue weighted by molar-refractivity contribution is 0.0947. The summed E-state index contributed by atoms with van der Waals surface area (Å²) in [5.41, 5.74) is 4.02. The van der Waals surface area contributed by atoms with Crippen LogP contribution in [-0.4, -0.2) is 21.9 Å². The predicted molar refractivity (Wildman–Crippen MR) is 111 cm³/mol. The highest BCUT2D eigenvalue weighted by Gasteiger charge is 2.20. The number of nitrogens with one attached hydrogen (secondary N) is 1. The molecule has 8 heteroatoms. The Bertz CT molecular complexity index is 1190. The van der Waals surface area contributed by atoms with Gasteiger partial charge in [-0.25, -0.2) is 5.43 Å². The second-order valence-electron chi connectivity index (χ2n) is 6.26. The van der Waals surface area contributed by atoms with E-state index >= 15 is 0 Å². The van der Waals surface area contributed by atoms with Gasteiger partial charge in [-0.05, 0) is 43.7 Å². The lowest BCUT2D eigenvalue weighted by Crippen LogP contribution is -2.31. The molecule has 0 bridgehead atoms. The Hall–Kier alpha value is -3.76. The van der Waals surface area contributed by atoms with Gasteiger partial charge in [-0.3, -0.25) is 9.59 Å².